The molecule has 0 unspecified atom stereocenters. The van der Waals surface area contributed by atoms with Crippen molar-refractivity contribution in [3.05, 3.63) is 0 Å². The molecule has 0 aliphatic rings. The first-order valence-corrected chi connectivity index (χ1v) is 4.61. The van der Waals surface area contributed by atoms with Gasteiger partial charge in [-0.15, -0.1) is 0 Å². The Labute approximate surface area is 136 Å². The molecule has 0 aliphatic carbocycles. The molecule has 0 amide bonds. The summed E-state index contributed by atoms with van der Waals surface area (Å²) in [5, 5.41) is -7.00. The third-order valence-electron chi connectivity index (χ3n) is 1.44. The number of hydrogen-bond donors (Lipinski definition) is 1. The van der Waals surface area contributed by atoms with Crippen LogP contribution in [-0.4, -0.2) is 36.2 Å². The van der Waals surface area contributed by atoms with E-state index < -0.39 is 33.4 Å². The molecule has 0 aromatic carbocycles. The van der Waals surface area contributed by atoms with E-state index in [0.29, 0.717) is 0 Å². The van der Waals surface area contributed by atoms with Gasteiger partial charge in [0.25, 0.3) is 0 Å². The number of hydrogen-bond acceptors (Lipinski definition) is 2. The second-order valence-corrected chi connectivity index (χ2v) is 4.10. The molecule has 0 bridgehead atoms. The third kappa shape index (κ3) is 3.14. The Morgan fingerprint density at radius 3 is 1.17 bits per heavy atom. The Hall–Kier alpha value is 0.916. The largest absolute Gasteiger partial charge is 1.00 e. The van der Waals surface area contributed by atoms with Crippen LogP contribution in [0.15, 0.2) is 0 Å². The minimum absolute atomic E-state index is 0. The molecular formula is C4HF9KO3S+. The predicted molar refractivity (Wildman–Crippen MR) is 32.4 cm³/mol. The molecule has 3 nitrogen and oxygen atoms in total. The molecule has 0 rings (SSSR count). The zero-order chi connectivity index (χ0) is 14.5. The molecule has 104 valence electrons. The van der Waals surface area contributed by atoms with Crippen molar-refractivity contribution in [3.63, 3.8) is 0 Å². The molecule has 14 heteroatoms. The Kier molecular flexibility index (Phi) is 6.32. The second-order valence-electron chi connectivity index (χ2n) is 2.64. The van der Waals surface area contributed by atoms with E-state index in [-0.39, 0.29) is 51.4 Å². The number of alkyl halides is 9. The summed E-state index contributed by atoms with van der Waals surface area (Å²) in [5.41, 5.74) is 0. The van der Waals surface area contributed by atoms with Crippen molar-refractivity contribution in [1.29, 1.82) is 0 Å². The quantitative estimate of drug-likeness (QED) is 0.421. The van der Waals surface area contributed by atoms with Crippen molar-refractivity contribution in [2.45, 2.75) is 23.3 Å². The van der Waals surface area contributed by atoms with E-state index in [9.17, 15) is 47.9 Å². The maximum atomic E-state index is 12.2. The molecular weight excluding hydrogens is 338 g/mol. The van der Waals surface area contributed by atoms with Gasteiger partial charge in [-0.05, 0) is 0 Å². The molecule has 0 aromatic heterocycles. The molecule has 0 radical (unpaired) electrons. The van der Waals surface area contributed by atoms with E-state index in [1.165, 1.54) is 0 Å². The van der Waals surface area contributed by atoms with E-state index in [4.69, 9.17) is 4.55 Å². The van der Waals surface area contributed by atoms with Crippen molar-refractivity contribution >= 4 is 10.1 Å². The van der Waals surface area contributed by atoms with E-state index in [1.807, 2.05) is 0 Å². The van der Waals surface area contributed by atoms with Gasteiger partial charge in [-0.1, -0.05) is 0 Å². The fourth-order valence-electron chi connectivity index (χ4n) is 0.523. The minimum Gasteiger partial charge on any atom is -0.281 e. The van der Waals surface area contributed by atoms with Gasteiger partial charge in [0.05, 0.1) is 0 Å². The van der Waals surface area contributed by atoms with E-state index in [2.05, 4.69) is 0 Å². The van der Waals surface area contributed by atoms with Crippen molar-refractivity contribution in [3.8, 4) is 0 Å². The zero-order valence-electron chi connectivity index (χ0n) is 8.07. The van der Waals surface area contributed by atoms with E-state index in [0.717, 1.165) is 0 Å². The van der Waals surface area contributed by atoms with E-state index >= 15 is 0 Å². The van der Waals surface area contributed by atoms with Crippen LogP contribution in [0.5, 0.6) is 0 Å². The molecule has 0 saturated carbocycles. The molecule has 0 heterocycles. The molecule has 0 fully saturated rings. The van der Waals surface area contributed by atoms with Gasteiger partial charge in [-0.25, -0.2) is 0 Å². The summed E-state index contributed by atoms with van der Waals surface area (Å²) >= 11 is 0. The van der Waals surface area contributed by atoms with Crippen molar-refractivity contribution in [2.24, 2.45) is 0 Å². The molecule has 1 N–H and O–H groups in total. The standard InChI is InChI=1S/C4HF9O3S.K/c5-1(6,3(9,10)11)2(7,8)4(12,13)17(14,15)16;/h(H,14,15,16);/q;+1. The van der Waals surface area contributed by atoms with Gasteiger partial charge in [0.1, 0.15) is 0 Å². The van der Waals surface area contributed by atoms with Crippen LogP contribution in [0, 0.1) is 0 Å². The first-order chi connectivity index (χ1) is 7.00. The SMILES string of the molecule is O=S(=O)(O)C(F)(F)C(F)(F)C(F)(F)C(F)(F)F.[K+]. The van der Waals surface area contributed by atoms with Crippen LogP contribution in [0.4, 0.5) is 39.5 Å². The van der Waals surface area contributed by atoms with Gasteiger partial charge < -0.3 is 0 Å². The summed E-state index contributed by atoms with van der Waals surface area (Å²) in [4.78, 5) is 0. The smallest absolute Gasteiger partial charge is 0.281 e. The summed E-state index contributed by atoms with van der Waals surface area (Å²) < 4.78 is 134. The van der Waals surface area contributed by atoms with Gasteiger partial charge in [0.15, 0.2) is 0 Å². The average molecular weight is 339 g/mol. The van der Waals surface area contributed by atoms with Crippen LogP contribution >= 0.6 is 0 Å². The van der Waals surface area contributed by atoms with Crippen molar-refractivity contribution in [2.75, 3.05) is 0 Å². The summed E-state index contributed by atoms with van der Waals surface area (Å²) in [6.45, 7) is 0. The monoisotopic (exact) mass is 339 g/mol. The maximum Gasteiger partial charge on any atom is 1.00 e. The molecule has 18 heavy (non-hydrogen) atoms. The van der Waals surface area contributed by atoms with Crippen LogP contribution in [-0.2, 0) is 10.1 Å². The van der Waals surface area contributed by atoms with Gasteiger partial charge >= 0.3 is 84.8 Å². The molecule has 0 atom stereocenters. The fraction of sp³-hybridized carbons (Fsp3) is 1.00. The van der Waals surface area contributed by atoms with Crippen LogP contribution in [0.1, 0.15) is 0 Å². The van der Waals surface area contributed by atoms with Crippen LogP contribution in [0.25, 0.3) is 0 Å². The Balaban J connectivity index is 0. The normalized spacial score (nSPS) is 15.2. The van der Waals surface area contributed by atoms with Gasteiger partial charge in [-0.2, -0.15) is 47.9 Å². The second kappa shape index (κ2) is 5.36. The van der Waals surface area contributed by atoms with E-state index in [1.54, 1.807) is 0 Å². The van der Waals surface area contributed by atoms with Crippen LogP contribution in [0.2, 0.25) is 0 Å². The zero-order valence-corrected chi connectivity index (χ0v) is 12.0. The van der Waals surface area contributed by atoms with Crippen LogP contribution in [0.3, 0.4) is 0 Å². The van der Waals surface area contributed by atoms with Crippen molar-refractivity contribution in [1.82, 2.24) is 0 Å². The van der Waals surface area contributed by atoms with Crippen LogP contribution < -0.4 is 51.4 Å². The topological polar surface area (TPSA) is 54.4 Å². The maximum absolute atomic E-state index is 12.2. The Morgan fingerprint density at radius 2 is 1.00 bits per heavy atom. The van der Waals surface area contributed by atoms with Gasteiger partial charge in [-0.3, -0.25) is 4.55 Å². The molecule has 0 aliphatic heterocycles. The Morgan fingerprint density at radius 1 is 0.722 bits per heavy atom. The van der Waals surface area contributed by atoms with Gasteiger partial charge in [0, 0.05) is 0 Å². The summed E-state index contributed by atoms with van der Waals surface area (Å²) in [7, 11) is -7.17. The first-order valence-electron chi connectivity index (χ1n) is 3.17. The third-order valence-corrected chi connectivity index (χ3v) is 2.34. The summed E-state index contributed by atoms with van der Waals surface area (Å²) in [6, 6.07) is 0. The molecule has 0 spiro atoms. The van der Waals surface area contributed by atoms with Gasteiger partial charge in [0.2, 0.25) is 0 Å². The molecule has 0 saturated heterocycles. The minimum atomic E-state index is -7.37. The molecule has 0 aromatic rings. The first kappa shape index (κ1) is 21.2. The Bertz CT molecular complexity index is 399. The predicted octanol–water partition coefficient (Wildman–Crippen LogP) is -0.696. The summed E-state index contributed by atoms with van der Waals surface area (Å²) in [6.07, 6.45) is -7.13. The number of rotatable bonds is 3. The summed E-state index contributed by atoms with van der Waals surface area (Å²) in [5.74, 6) is -14.7. The number of halogens is 9. The fourth-order valence-corrected chi connectivity index (χ4v) is 0.975. The average Bonchev–Trinajstić information content (AvgIpc) is 1.98. The van der Waals surface area contributed by atoms with Crippen molar-refractivity contribution < 1.29 is 104 Å².